The number of carbonyl (C=O) groups excluding carboxylic acids is 2. The summed E-state index contributed by atoms with van der Waals surface area (Å²) in [5, 5.41) is 11.2. The lowest BCUT2D eigenvalue weighted by Crippen LogP contribution is -2.46. The van der Waals surface area contributed by atoms with E-state index in [9.17, 15) is 14.7 Å². The van der Waals surface area contributed by atoms with Crippen LogP contribution >= 0.6 is 0 Å². The van der Waals surface area contributed by atoms with E-state index in [-0.39, 0.29) is 18.8 Å². The van der Waals surface area contributed by atoms with Gasteiger partial charge in [0.15, 0.2) is 11.4 Å². The Morgan fingerprint density at radius 1 is 1.12 bits per heavy atom. The van der Waals surface area contributed by atoms with Gasteiger partial charge >= 0.3 is 5.97 Å². The summed E-state index contributed by atoms with van der Waals surface area (Å²) in [5.41, 5.74) is -0.147. The summed E-state index contributed by atoms with van der Waals surface area (Å²) in [6.45, 7) is 1.85. The molecular formula is C21H20O4. The summed E-state index contributed by atoms with van der Waals surface area (Å²) in [6, 6.07) is 18.2. The Hall–Kier alpha value is -2.72. The van der Waals surface area contributed by atoms with Gasteiger partial charge in [-0.2, -0.15) is 0 Å². The molecule has 0 aromatic heterocycles. The van der Waals surface area contributed by atoms with Crippen molar-refractivity contribution in [2.45, 2.75) is 24.9 Å². The number of aliphatic hydroxyl groups is 1. The third kappa shape index (κ3) is 3.26. The van der Waals surface area contributed by atoms with Crippen molar-refractivity contribution >= 4 is 17.3 Å². The van der Waals surface area contributed by atoms with E-state index in [1.54, 1.807) is 31.2 Å². The molecule has 0 radical (unpaired) electrons. The van der Waals surface area contributed by atoms with Crippen LogP contribution in [-0.4, -0.2) is 29.1 Å². The van der Waals surface area contributed by atoms with Crippen molar-refractivity contribution in [3.8, 4) is 0 Å². The molecular weight excluding hydrogens is 316 g/mol. The van der Waals surface area contributed by atoms with Gasteiger partial charge in [-0.15, -0.1) is 0 Å². The molecule has 1 aliphatic carbocycles. The molecule has 4 heteroatoms. The summed E-state index contributed by atoms with van der Waals surface area (Å²) >= 11 is 0. The molecule has 2 aromatic carbocycles. The third-order valence-corrected chi connectivity index (χ3v) is 4.47. The van der Waals surface area contributed by atoms with Crippen LogP contribution in [0.5, 0.6) is 0 Å². The number of carbonyl (C=O) groups is 2. The molecule has 0 saturated heterocycles. The molecule has 25 heavy (non-hydrogen) atoms. The number of ether oxygens (including phenoxy) is 1. The molecule has 0 bridgehead atoms. The van der Waals surface area contributed by atoms with E-state index in [4.69, 9.17) is 4.74 Å². The Kier molecular flexibility index (Phi) is 4.81. The van der Waals surface area contributed by atoms with E-state index in [1.165, 1.54) is 6.08 Å². The molecule has 0 heterocycles. The molecule has 0 unspecified atom stereocenters. The summed E-state index contributed by atoms with van der Waals surface area (Å²) in [7, 11) is 0. The van der Waals surface area contributed by atoms with Crippen LogP contribution < -0.4 is 0 Å². The van der Waals surface area contributed by atoms with Gasteiger partial charge in [0, 0.05) is 12.0 Å². The Morgan fingerprint density at radius 2 is 1.72 bits per heavy atom. The van der Waals surface area contributed by atoms with Crippen molar-refractivity contribution in [3.05, 3.63) is 77.9 Å². The zero-order chi connectivity index (χ0) is 17.9. The van der Waals surface area contributed by atoms with E-state index in [0.717, 1.165) is 5.56 Å². The largest absolute Gasteiger partial charge is 0.464 e. The van der Waals surface area contributed by atoms with E-state index in [1.807, 2.05) is 36.4 Å². The maximum absolute atomic E-state index is 12.7. The van der Waals surface area contributed by atoms with Crippen LogP contribution in [0.4, 0.5) is 0 Å². The maximum Gasteiger partial charge on any atom is 0.342 e. The number of ketones is 1. The number of hydrogen-bond acceptors (Lipinski definition) is 4. The van der Waals surface area contributed by atoms with Crippen molar-refractivity contribution in [2.24, 2.45) is 0 Å². The van der Waals surface area contributed by atoms with Gasteiger partial charge in [0.2, 0.25) is 0 Å². The Balaban J connectivity index is 2.09. The quantitative estimate of drug-likeness (QED) is 0.872. The molecule has 0 spiro atoms. The highest BCUT2D eigenvalue weighted by atomic mass is 16.5. The fraction of sp³-hybridized carbons (Fsp3) is 0.238. The zero-order valence-electron chi connectivity index (χ0n) is 14.0. The Morgan fingerprint density at radius 3 is 2.32 bits per heavy atom. The van der Waals surface area contributed by atoms with Gasteiger partial charge in [-0.1, -0.05) is 60.7 Å². The average Bonchev–Trinajstić information content (AvgIpc) is 2.65. The number of hydrogen-bond donors (Lipinski definition) is 1. The van der Waals surface area contributed by atoms with Crippen LogP contribution in [0.15, 0.2) is 66.7 Å². The van der Waals surface area contributed by atoms with Gasteiger partial charge in [-0.3, -0.25) is 4.79 Å². The molecule has 1 N–H and O–H groups in total. The summed E-state index contributed by atoms with van der Waals surface area (Å²) < 4.78 is 5.11. The number of esters is 1. The van der Waals surface area contributed by atoms with Crippen molar-refractivity contribution < 1.29 is 19.4 Å². The highest BCUT2D eigenvalue weighted by molar-refractivity contribution is 6.10. The van der Waals surface area contributed by atoms with E-state index in [2.05, 4.69) is 0 Å². The average molecular weight is 336 g/mol. The molecule has 1 aliphatic rings. The molecule has 0 fully saturated rings. The molecule has 2 aromatic rings. The van der Waals surface area contributed by atoms with Gasteiger partial charge in [-0.05, 0) is 24.1 Å². The summed E-state index contributed by atoms with van der Waals surface area (Å²) in [5.74, 6) is -1.43. The smallest absolute Gasteiger partial charge is 0.342 e. The predicted octanol–water partition coefficient (Wildman–Crippen LogP) is 3.12. The van der Waals surface area contributed by atoms with Crippen LogP contribution in [0.25, 0.3) is 5.57 Å². The van der Waals surface area contributed by atoms with Crippen LogP contribution in [0.1, 0.15) is 30.4 Å². The first-order valence-electron chi connectivity index (χ1n) is 8.32. The first-order chi connectivity index (χ1) is 12.1. The maximum atomic E-state index is 12.7. The van der Waals surface area contributed by atoms with Crippen LogP contribution in [-0.2, 0) is 14.3 Å². The minimum Gasteiger partial charge on any atom is -0.464 e. The fourth-order valence-corrected chi connectivity index (χ4v) is 3.22. The van der Waals surface area contributed by atoms with Gasteiger partial charge in [-0.25, -0.2) is 4.79 Å². The molecule has 0 aliphatic heterocycles. The van der Waals surface area contributed by atoms with Gasteiger partial charge < -0.3 is 9.84 Å². The second-order valence-corrected chi connectivity index (χ2v) is 6.07. The van der Waals surface area contributed by atoms with E-state index >= 15 is 0 Å². The third-order valence-electron chi connectivity index (χ3n) is 4.47. The van der Waals surface area contributed by atoms with Crippen LogP contribution in [0, 0.1) is 0 Å². The molecule has 2 atom stereocenters. The lowest BCUT2D eigenvalue weighted by Gasteiger charge is -2.35. The first kappa shape index (κ1) is 17.1. The van der Waals surface area contributed by atoms with Crippen LogP contribution in [0.3, 0.4) is 0 Å². The lowest BCUT2D eigenvalue weighted by atomic mass is 9.72. The van der Waals surface area contributed by atoms with Crippen LogP contribution in [0.2, 0.25) is 0 Å². The summed E-state index contributed by atoms with van der Waals surface area (Å²) in [6.07, 6.45) is 1.35. The van der Waals surface area contributed by atoms with Gasteiger partial charge in [0.25, 0.3) is 0 Å². The molecule has 128 valence electrons. The number of allylic oxidation sites excluding steroid dienone is 1. The highest BCUT2D eigenvalue weighted by Crippen LogP contribution is 2.42. The zero-order valence-corrected chi connectivity index (χ0v) is 14.0. The monoisotopic (exact) mass is 336 g/mol. The summed E-state index contributed by atoms with van der Waals surface area (Å²) in [4.78, 5) is 25.3. The molecule has 4 nitrogen and oxygen atoms in total. The fourth-order valence-electron chi connectivity index (χ4n) is 3.22. The predicted molar refractivity (Wildman–Crippen MR) is 94.8 cm³/mol. The molecule has 0 amide bonds. The van der Waals surface area contributed by atoms with E-state index < -0.39 is 17.5 Å². The highest BCUT2D eigenvalue weighted by Gasteiger charge is 2.48. The van der Waals surface area contributed by atoms with Crippen molar-refractivity contribution in [1.29, 1.82) is 0 Å². The normalized spacial score (nSPS) is 23.0. The van der Waals surface area contributed by atoms with Crippen molar-refractivity contribution in [1.82, 2.24) is 0 Å². The van der Waals surface area contributed by atoms with Crippen molar-refractivity contribution in [3.63, 3.8) is 0 Å². The lowest BCUT2D eigenvalue weighted by molar-refractivity contribution is -0.160. The molecule has 3 rings (SSSR count). The van der Waals surface area contributed by atoms with Gasteiger partial charge in [0.05, 0.1) is 12.5 Å². The standard InChI is InChI=1S/C21H20O4/c1-2-25-20(23)21(24)14-17(15-9-5-3-6-10-15)19(22)13-18(21)16-11-7-4-8-12-16/h3-13,17,24H,2,14H2,1H3/t17-,21+/m1/s1. The van der Waals surface area contributed by atoms with Gasteiger partial charge in [0.1, 0.15) is 0 Å². The first-order valence-corrected chi connectivity index (χ1v) is 8.32. The Labute approximate surface area is 146 Å². The van der Waals surface area contributed by atoms with E-state index in [0.29, 0.717) is 11.1 Å². The SMILES string of the molecule is CCOC(=O)[C@]1(O)C[C@H](c2ccccc2)C(=O)C=C1c1ccccc1. The number of rotatable bonds is 4. The second-order valence-electron chi connectivity index (χ2n) is 6.07. The minimum absolute atomic E-state index is 0.0323. The topological polar surface area (TPSA) is 63.6 Å². The Bertz CT molecular complexity index is 795. The number of benzene rings is 2. The molecule has 0 saturated carbocycles. The second kappa shape index (κ2) is 7.03. The van der Waals surface area contributed by atoms with Crippen molar-refractivity contribution in [2.75, 3.05) is 6.61 Å². The minimum atomic E-state index is -1.86.